The minimum absolute atomic E-state index is 0.581. The second-order valence-corrected chi connectivity index (χ2v) is 6.81. The molecule has 0 radical (unpaired) electrons. The molecule has 3 heteroatoms. The molecule has 0 unspecified atom stereocenters. The quantitative estimate of drug-likeness (QED) is 0.469. The number of hydrogen-bond acceptors (Lipinski definition) is 1. The molecule has 0 saturated carbocycles. The summed E-state index contributed by atoms with van der Waals surface area (Å²) in [4.78, 5) is 10.5. The van der Waals surface area contributed by atoms with Crippen molar-refractivity contribution in [2.45, 2.75) is 39.5 Å². The van der Waals surface area contributed by atoms with Crippen molar-refractivity contribution in [3.05, 3.63) is 66.1 Å². The van der Waals surface area contributed by atoms with Crippen LogP contribution in [0, 0.1) is 0 Å². The lowest BCUT2D eigenvalue weighted by Crippen LogP contribution is -1.85. The van der Waals surface area contributed by atoms with E-state index in [9.17, 15) is 0 Å². The Morgan fingerprint density at radius 1 is 0.750 bits per heavy atom. The monoisotopic (exact) mass is 319 g/mol. The number of H-pyrrole nitrogens is 2. The molecule has 0 amide bonds. The van der Waals surface area contributed by atoms with Crippen LogP contribution in [0.4, 0.5) is 0 Å². The molecular formula is C21H25N3. The molecule has 0 atom stereocenters. The third-order valence-electron chi connectivity index (χ3n) is 4.35. The molecule has 0 aliphatic rings. The van der Waals surface area contributed by atoms with Crippen LogP contribution in [-0.4, -0.2) is 15.0 Å². The normalized spacial score (nSPS) is 11.2. The predicted molar refractivity (Wildman–Crippen MR) is 103 cm³/mol. The molecule has 2 aromatic heterocycles. The zero-order chi connectivity index (χ0) is 17.1. The van der Waals surface area contributed by atoms with E-state index in [-0.39, 0.29) is 0 Å². The summed E-state index contributed by atoms with van der Waals surface area (Å²) >= 11 is 0. The average molecular weight is 319 g/mol. The SMILES string of the molecule is CC(C)c1ccc2[nH]ccc2c1.CC(C)c1ccc2nc[nH]c2c1. The largest absolute Gasteiger partial charge is 0.361 e. The molecule has 124 valence electrons. The second-order valence-electron chi connectivity index (χ2n) is 6.81. The van der Waals surface area contributed by atoms with Gasteiger partial charge in [-0.05, 0) is 58.7 Å². The summed E-state index contributed by atoms with van der Waals surface area (Å²) in [7, 11) is 0. The summed E-state index contributed by atoms with van der Waals surface area (Å²) in [5, 5.41) is 1.31. The molecule has 0 bridgehead atoms. The third-order valence-corrected chi connectivity index (χ3v) is 4.35. The van der Waals surface area contributed by atoms with Crippen LogP contribution in [0.25, 0.3) is 21.9 Å². The molecule has 2 heterocycles. The zero-order valence-corrected chi connectivity index (χ0v) is 14.8. The fourth-order valence-electron chi connectivity index (χ4n) is 2.74. The van der Waals surface area contributed by atoms with E-state index in [1.807, 2.05) is 6.20 Å². The number of nitrogens with zero attached hydrogens (tertiary/aromatic N) is 1. The molecule has 0 aliphatic carbocycles. The van der Waals surface area contributed by atoms with Crippen molar-refractivity contribution in [3.63, 3.8) is 0 Å². The molecule has 2 aromatic carbocycles. The number of fused-ring (bicyclic) bond motifs is 2. The first kappa shape index (κ1) is 16.3. The van der Waals surface area contributed by atoms with Gasteiger partial charge in [-0.25, -0.2) is 4.98 Å². The van der Waals surface area contributed by atoms with Crippen LogP contribution in [0.3, 0.4) is 0 Å². The van der Waals surface area contributed by atoms with Crippen molar-refractivity contribution in [1.82, 2.24) is 15.0 Å². The molecule has 0 spiro atoms. The molecule has 4 aromatic rings. The highest BCUT2D eigenvalue weighted by molar-refractivity contribution is 5.80. The number of nitrogens with one attached hydrogen (secondary N) is 2. The Hall–Kier alpha value is -2.55. The first-order chi connectivity index (χ1) is 11.5. The Balaban J connectivity index is 0.000000141. The van der Waals surface area contributed by atoms with Gasteiger partial charge in [0.05, 0.1) is 17.4 Å². The maximum atomic E-state index is 4.16. The number of aromatic amines is 2. The van der Waals surface area contributed by atoms with Gasteiger partial charge < -0.3 is 9.97 Å². The first-order valence-corrected chi connectivity index (χ1v) is 8.54. The van der Waals surface area contributed by atoms with E-state index in [2.05, 4.69) is 85.1 Å². The molecule has 0 saturated heterocycles. The lowest BCUT2D eigenvalue weighted by Gasteiger charge is -2.03. The Kier molecular flexibility index (Phi) is 4.70. The maximum Gasteiger partial charge on any atom is 0.0931 e. The zero-order valence-electron chi connectivity index (χ0n) is 14.8. The van der Waals surface area contributed by atoms with Gasteiger partial charge >= 0.3 is 0 Å². The van der Waals surface area contributed by atoms with Crippen molar-refractivity contribution in [2.75, 3.05) is 0 Å². The number of hydrogen-bond donors (Lipinski definition) is 2. The molecule has 3 nitrogen and oxygen atoms in total. The highest BCUT2D eigenvalue weighted by Crippen LogP contribution is 2.20. The van der Waals surface area contributed by atoms with Crippen LogP contribution in [0.1, 0.15) is 50.7 Å². The molecule has 24 heavy (non-hydrogen) atoms. The van der Waals surface area contributed by atoms with Gasteiger partial charge in [0.15, 0.2) is 0 Å². The Bertz CT molecular complexity index is 850. The van der Waals surface area contributed by atoms with Crippen molar-refractivity contribution in [1.29, 1.82) is 0 Å². The summed E-state index contributed by atoms with van der Waals surface area (Å²) in [6.45, 7) is 8.82. The average Bonchev–Trinajstić information content (AvgIpc) is 3.22. The van der Waals surface area contributed by atoms with Crippen LogP contribution >= 0.6 is 0 Å². The van der Waals surface area contributed by atoms with Crippen molar-refractivity contribution < 1.29 is 0 Å². The number of imidazole rings is 1. The van der Waals surface area contributed by atoms with Crippen molar-refractivity contribution in [2.24, 2.45) is 0 Å². The minimum atomic E-state index is 0.581. The van der Waals surface area contributed by atoms with E-state index >= 15 is 0 Å². The van der Waals surface area contributed by atoms with Gasteiger partial charge in [-0.2, -0.15) is 0 Å². The maximum absolute atomic E-state index is 4.16. The van der Waals surface area contributed by atoms with Gasteiger partial charge in [-0.15, -0.1) is 0 Å². The van der Waals surface area contributed by atoms with E-state index in [4.69, 9.17) is 0 Å². The third kappa shape index (κ3) is 3.51. The summed E-state index contributed by atoms with van der Waals surface area (Å²) in [5.74, 6) is 1.20. The molecule has 0 aliphatic heterocycles. The summed E-state index contributed by atoms with van der Waals surface area (Å²) < 4.78 is 0. The Morgan fingerprint density at radius 3 is 2.21 bits per heavy atom. The van der Waals surface area contributed by atoms with Crippen molar-refractivity contribution in [3.8, 4) is 0 Å². The van der Waals surface area contributed by atoms with E-state index in [1.54, 1.807) is 6.33 Å². The highest BCUT2D eigenvalue weighted by atomic mass is 14.9. The summed E-state index contributed by atoms with van der Waals surface area (Å²) in [6.07, 6.45) is 3.71. The second kappa shape index (κ2) is 6.91. The van der Waals surface area contributed by atoms with Crippen molar-refractivity contribution >= 4 is 21.9 Å². The van der Waals surface area contributed by atoms with E-state index in [0.717, 1.165) is 11.0 Å². The fourth-order valence-corrected chi connectivity index (χ4v) is 2.74. The van der Waals surface area contributed by atoms with Gasteiger partial charge in [-0.3, -0.25) is 0 Å². The number of aromatic nitrogens is 3. The number of rotatable bonds is 2. The van der Waals surface area contributed by atoms with Crippen LogP contribution in [-0.2, 0) is 0 Å². The lowest BCUT2D eigenvalue weighted by molar-refractivity contribution is 0.868. The molecular weight excluding hydrogens is 294 g/mol. The molecule has 4 rings (SSSR count). The fraction of sp³-hybridized carbons (Fsp3) is 0.286. The molecule has 2 N–H and O–H groups in total. The highest BCUT2D eigenvalue weighted by Gasteiger charge is 2.01. The van der Waals surface area contributed by atoms with Crippen LogP contribution in [0.5, 0.6) is 0 Å². The van der Waals surface area contributed by atoms with Crippen LogP contribution in [0.15, 0.2) is 55.0 Å². The number of benzene rings is 2. The first-order valence-electron chi connectivity index (χ1n) is 8.54. The standard InChI is InChI=1S/C11H13N.C10H12N2/c1-8(2)9-3-4-11-10(7-9)5-6-12-11;1-7(2)8-3-4-9-10(5-8)12-6-11-9/h3-8,12H,1-2H3;3-7H,1-2H3,(H,11,12). The van der Waals surface area contributed by atoms with E-state index < -0.39 is 0 Å². The van der Waals surface area contributed by atoms with Crippen LogP contribution < -0.4 is 0 Å². The summed E-state index contributed by atoms with van der Waals surface area (Å²) in [5.41, 5.74) is 6.15. The summed E-state index contributed by atoms with van der Waals surface area (Å²) in [6, 6.07) is 15.0. The van der Waals surface area contributed by atoms with Crippen LogP contribution in [0.2, 0.25) is 0 Å². The predicted octanol–water partition coefficient (Wildman–Crippen LogP) is 5.98. The van der Waals surface area contributed by atoms with Gasteiger partial charge in [0.1, 0.15) is 0 Å². The van der Waals surface area contributed by atoms with E-state index in [0.29, 0.717) is 11.8 Å². The topological polar surface area (TPSA) is 44.5 Å². The van der Waals surface area contributed by atoms with E-state index in [1.165, 1.54) is 22.0 Å². The van der Waals surface area contributed by atoms with Gasteiger partial charge in [0, 0.05) is 11.7 Å². The van der Waals surface area contributed by atoms with Gasteiger partial charge in [0.2, 0.25) is 0 Å². The van der Waals surface area contributed by atoms with Gasteiger partial charge in [-0.1, -0.05) is 39.8 Å². The Labute approximate surface area is 143 Å². The lowest BCUT2D eigenvalue weighted by atomic mass is 10.0. The smallest absolute Gasteiger partial charge is 0.0931 e. The Morgan fingerprint density at radius 2 is 1.46 bits per heavy atom. The minimum Gasteiger partial charge on any atom is -0.361 e. The van der Waals surface area contributed by atoms with Gasteiger partial charge in [0.25, 0.3) is 0 Å². The molecule has 0 fully saturated rings.